The minimum Gasteiger partial charge on any atom is -0.490 e. The molecule has 0 saturated carbocycles. The van der Waals surface area contributed by atoms with Crippen molar-refractivity contribution >= 4 is 33.5 Å². The molecule has 1 aliphatic heterocycles. The Kier molecular flexibility index (Phi) is 4.91. The van der Waals surface area contributed by atoms with E-state index in [1.54, 1.807) is 17.1 Å². The average Bonchev–Trinajstić information content (AvgIpc) is 3.44. The predicted molar refractivity (Wildman–Crippen MR) is 125 cm³/mol. The van der Waals surface area contributed by atoms with Crippen molar-refractivity contribution in [2.24, 2.45) is 0 Å². The van der Waals surface area contributed by atoms with Gasteiger partial charge in [-0.3, -0.25) is 9.59 Å². The highest BCUT2D eigenvalue weighted by molar-refractivity contribution is 7.15. The van der Waals surface area contributed by atoms with Crippen molar-refractivity contribution in [1.82, 2.24) is 14.6 Å². The van der Waals surface area contributed by atoms with E-state index in [1.807, 2.05) is 48.5 Å². The number of fused-ring (bicyclic) bond motifs is 2. The maximum absolute atomic E-state index is 13.2. The van der Waals surface area contributed by atoms with Crippen LogP contribution in [0.15, 0.2) is 78.6 Å². The van der Waals surface area contributed by atoms with Gasteiger partial charge in [-0.1, -0.05) is 48.3 Å². The zero-order valence-corrected chi connectivity index (χ0v) is 17.8. The number of thiazole rings is 1. The van der Waals surface area contributed by atoms with Gasteiger partial charge in [-0.05, 0) is 30.3 Å². The number of hydrogen-bond donors (Lipinski definition) is 0. The zero-order chi connectivity index (χ0) is 22.2. The van der Waals surface area contributed by atoms with Crippen molar-refractivity contribution in [3.8, 4) is 17.1 Å². The molecule has 2 aromatic carbocycles. The van der Waals surface area contributed by atoms with Crippen molar-refractivity contribution in [1.29, 1.82) is 0 Å². The van der Waals surface area contributed by atoms with Crippen LogP contribution in [-0.2, 0) is 4.79 Å². The fourth-order valence-corrected chi connectivity index (χ4v) is 4.67. The van der Waals surface area contributed by atoms with Crippen LogP contribution in [0.2, 0.25) is 0 Å². The molecule has 5 rings (SSSR count). The molecule has 0 spiro atoms. The monoisotopic (exact) mass is 442 g/mol. The van der Waals surface area contributed by atoms with Gasteiger partial charge in [0.15, 0.2) is 5.82 Å². The number of hydrogen-bond acceptors (Lipinski definition) is 6. The molecule has 3 heterocycles. The van der Waals surface area contributed by atoms with E-state index in [1.165, 1.54) is 15.9 Å². The second-order valence-corrected chi connectivity index (χ2v) is 8.06. The fraction of sp³-hybridized carbons (Fsp3) is 0.0833. The summed E-state index contributed by atoms with van der Waals surface area (Å²) in [6, 6.07) is 14.7. The molecule has 1 aliphatic rings. The first kappa shape index (κ1) is 19.9. The molecular formula is C24H18N4O3S. The fourth-order valence-electron chi connectivity index (χ4n) is 3.67. The lowest BCUT2D eigenvalue weighted by Crippen LogP contribution is -2.32. The predicted octanol–water partition coefficient (Wildman–Crippen LogP) is 2.83. The van der Waals surface area contributed by atoms with Crippen LogP contribution >= 0.6 is 11.3 Å². The van der Waals surface area contributed by atoms with Crippen molar-refractivity contribution in [2.45, 2.75) is 0 Å². The van der Waals surface area contributed by atoms with Crippen LogP contribution in [0.25, 0.3) is 21.9 Å². The maximum Gasteiger partial charge on any atom is 0.291 e. The van der Waals surface area contributed by atoms with Crippen molar-refractivity contribution in [3.63, 3.8) is 0 Å². The second kappa shape index (κ2) is 7.90. The molecule has 8 heteroatoms. The summed E-state index contributed by atoms with van der Waals surface area (Å²) in [4.78, 5) is 32.9. The molecular weight excluding hydrogens is 424 g/mol. The van der Waals surface area contributed by atoms with Gasteiger partial charge in [0, 0.05) is 17.7 Å². The van der Waals surface area contributed by atoms with E-state index in [0.29, 0.717) is 39.8 Å². The molecule has 0 bridgehead atoms. The quantitative estimate of drug-likeness (QED) is 0.429. The number of benzene rings is 2. The number of aromatic nitrogens is 3. The summed E-state index contributed by atoms with van der Waals surface area (Å²) >= 11 is 1.17. The first-order chi connectivity index (χ1) is 15.6. The molecule has 0 fully saturated rings. The summed E-state index contributed by atoms with van der Waals surface area (Å²) in [6.07, 6.45) is 3.34. The van der Waals surface area contributed by atoms with Crippen LogP contribution in [0.3, 0.4) is 0 Å². The molecule has 1 amide bonds. The van der Waals surface area contributed by atoms with Crippen LogP contribution in [0.5, 0.6) is 5.75 Å². The summed E-state index contributed by atoms with van der Waals surface area (Å²) in [5.74, 6) is 0.926. The molecule has 4 aromatic rings. The van der Waals surface area contributed by atoms with E-state index >= 15 is 0 Å². The summed E-state index contributed by atoms with van der Waals surface area (Å²) in [7, 11) is 0. The molecule has 2 aromatic heterocycles. The first-order valence-electron chi connectivity index (χ1n) is 9.92. The van der Waals surface area contributed by atoms with Crippen molar-refractivity contribution in [3.05, 3.63) is 94.3 Å². The Morgan fingerprint density at radius 3 is 2.53 bits per heavy atom. The molecule has 0 aliphatic carbocycles. The van der Waals surface area contributed by atoms with E-state index < -0.39 is 0 Å². The van der Waals surface area contributed by atoms with Gasteiger partial charge in [0.05, 0.1) is 11.3 Å². The Hall–Kier alpha value is -4.04. The number of anilines is 1. The summed E-state index contributed by atoms with van der Waals surface area (Å²) in [5, 5.41) is 4.39. The number of ether oxygens (including phenoxy) is 1. The third-order valence-electron chi connectivity index (χ3n) is 5.10. The molecule has 158 valence electrons. The second-order valence-electron chi connectivity index (χ2n) is 7.09. The van der Waals surface area contributed by atoms with E-state index in [4.69, 9.17) is 4.74 Å². The molecule has 32 heavy (non-hydrogen) atoms. The van der Waals surface area contributed by atoms with Gasteiger partial charge in [-0.25, -0.2) is 0 Å². The average molecular weight is 443 g/mol. The van der Waals surface area contributed by atoms with E-state index in [9.17, 15) is 9.59 Å². The lowest BCUT2D eigenvalue weighted by atomic mass is 10.1. The highest BCUT2D eigenvalue weighted by Gasteiger charge is 2.33. The number of carbonyl (C=O) groups is 1. The van der Waals surface area contributed by atoms with Gasteiger partial charge in [-0.2, -0.15) is 9.50 Å². The first-order valence-corrected chi connectivity index (χ1v) is 10.7. The van der Waals surface area contributed by atoms with E-state index in [-0.39, 0.29) is 11.5 Å². The summed E-state index contributed by atoms with van der Waals surface area (Å²) in [5.41, 5.74) is 2.30. The van der Waals surface area contributed by atoms with Crippen molar-refractivity contribution in [2.75, 3.05) is 18.1 Å². The summed E-state index contributed by atoms with van der Waals surface area (Å²) in [6.45, 7) is 8.15. The van der Waals surface area contributed by atoms with Gasteiger partial charge in [0.2, 0.25) is 4.96 Å². The van der Waals surface area contributed by atoms with Crippen LogP contribution in [0.1, 0.15) is 5.56 Å². The minimum absolute atomic E-state index is 0.219. The molecule has 0 N–H and O–H groups in total. The lowest BCUT2D eigenvalue weighted by Gasteiger charge is -2.13. The number of nitrogens with zero attached hydrogens (tertiary/aromatic N) is 4. The Balaban J connectivity index is 1.60. The Morgan fingerprint density at radius 1 is 1.03 bits per heavy atom. The number of rotatable bonds is 6. The number of carbonyl (C=O) groups excluding carboxylic acids is 1. The van der Waals surface area contributed by atoms with Crippen LogP contribution in [-0.4, -0.2) is 33.7 Å². The van der Waals surface area contributed by atoms with Crippen LogP contribution < -0.4 is 19.7 Å². The van der Waals surface area contributed by atoms with Crippen LogP contribution in [0.4, 0.5) is 5.69 Å². The number of amides is 1. The molecule has 7 nitrogen and oxygen atoms in total. The van der Waals surface area contributed by atoms with Gasteiger partial charge in [0.1, 0.15) is 16.9 Å². The van der Waals surface area contributed by atoms with E-state index in [2.05, 4.69) is 23.2 Å². The minimum atomic E-state index is -0.353. The Bertz CT molecular complexity index is 1480. The third kappa shape index (κ3) is 3.12. The standard InChI is InChI=1S/C24H18N4O3S/c1-3-13-27-18-8-6-5-7-17(18)19(22(27)29)20-23(30)28-24(32-20)25-21(26-28)15-9-11-16(12-10-15)31-14-4-2/h3-12H,1-2,13-14H2/b20-19-. The van der Waals surface area contributed by atoms with Crippen molar-refractivity contribution < 1.29 is 9.53 Å². The van der Waals surface area contributed by atoms with E-state index in [0.717, 1.165) is 16.8 Å². The highest BCUT2D eigenvalue weighted by atomic mass is 32.1. The molecule has 0 radical (unpaired) electrons. The van der Waals surface area contributed by atoms with Gasteiger partial charge in [0.25, 0.3) is 11.5 Å². The molecule has 0 saturated heterocycles. The van der Waals surface area contributed by atoms with Gasteiger partial charge < -0.3 is 9.64 Å². The topological polar surface area (TPSA) is 76.8 Å². The highest BCUT2D eigenvalue weighted by Crippen LogP contribution is 2.35. The van der Waals surface area contributed by atoms with Gasteiger partial charge >= 0.3 is 0 Å². The molecule has 0 unspecified atom stereocenters. The SMILES string of the molecule is C=CCOc1ccc(-c2nc3s/c(=C4\C(=O)N(CC=C)c5ccccc54)c(=O)n3n2)cc1. The maximum atomic E-state index is 13.2. The normalized spacial score (nSPS) is 14.6. The number of para-hydroxylation sites is 1. The Morgan fingerprint density at radius 2 is 1.81 bits per heavy atom. The van der Waals surface area contributed by atoms with Gasteiger partial charge in [-0.15, -0.1) is 11.7 Å². The third-order valence-corrected chi connectivity index (χ3v) is 6.13. The van der Waals surface area contributed by atoms with Crippen LogP contribution in [0, 0.1) is 0 Å². The zero-order valence-electron chi connectivity index (χ0n) is 17.0. The smallest absolute Gasteiger partial charge is 0.291 e. The molecule has 0 atom stereocenters. The largest absolute Gasteiger partial charge is 0.490 e. The lowest BCUT2D eigenvalue weighted by molar-refractivity contribution is -0.112. The Labute approximate surface area is 187 Å². The summed E-state index contributed by atoms with van der Waals surface area (Å²) < 4.78 is 7.09.